The quantitative estimate of drug-likeness (QED) is 0.909. The van der Waals surface area contributed by atoms with Crippen molar-refractivity contribution in [2.45, 2.75) is 39.0 Å². The van der Waals surface area contributed by atoms with Gasteiger partial charge in [0.2, 0.25) is 0 Å². The monoisotopic (exact) mass is 261 g/mol. The number of piperidine rings is 1. The minimum Gasteiger partial charge on any atom is -0.481 e. The number of carboxylic acids is 1. The molecular weight excluding hydrogens is 238 g/mol. The summed E-state index contributed by atoms with van der Waals surface area (Å²) in [6.07, 6.45) is 1.42. The highest BCUT2D eigenvalue weighted by Gasteiger charge is 2.43. The van der Waals surface area contributed by atoms with Crippen LogP contribution in [0.15, 0.2) is 18.2 Å². The second-order valence-electron chi connectivity index (χ2n) is 5.64. The predicted molar refractivity (Wildman–Crippen MR) is 76.6 cm³/mol. The summed E-state index contributed by atoms with van der Waals surface area (Å²) in [6.45, 7) is 8.92. The molecule has 1 heterocycles. The average Bonchev–Trinajstić information content (AvgIpc) is 2.41. The summed E-state index contributed by atoms with van der Waals surface area (Å²) >= 11 is 0. The van der Waals surface area contributed by atoms with E-state index in [-0.39, 0.29) is 0 Å². The molecule has 0 radical (unpaired) electrons. The van der Waals surface area contributed by atoms with Gasteiger partial charge >= 0.3 is 5.97 Å². The fraction of sp³-hybridized carbons (Fsp3) is 0.562. The molecule has 0 aromatic heterocycles. The van der Waals surface area contributed by atoms with Gasteiger partial charge in [-0.05, 0) is 57.5 Å². The number of likely N-dealkylation sites (tertiary alicyclic amines) is 1. The molecule has 0 amide bonds. The average molecular weight is 261 g/mol. The van der Waals surface area contributed by atoms with Gasteiger partial charge in [-0.2, -0.15) is 0 Å². The Morgan fingerprint density at radius 1 is 1.32 bits per heavy atom. The van der Waals surface area contributed by atoms with Crippen LogP contribution in [0.3, 0.4) is 0 Å². The standard InChI is InChI=1S/C16H23NO2/c1-4-17-9-7-16(8-10-17,15(18)19)14-11-12(2)5-6-13(14)3/h5-6,11H,4,7-10H2,1-3H3,(H,18,19). The van der Waals surface area contributed by atoms with Crippen LogP contribution in [0.2, 0.25) is 0 Å². The van der Waals surface area contributed by atoms with Gasteiger partial charge in [0.15, 0.2) is 0 Å². The maximum absolute atomic E-state index is 11.9. The molecule has 0 unspecified atom stereocenters. The molecule has 3 nitrogen and oxygen atoms in total. The lowest BCUT2D eigenvalue weighted by atomic mass is 9.71. The minimum atomic E-state index is -0.693. The van der Waals surface area contributed by atoms with E-state index in [0.29, 0.717) is 12.8 Å². The van der Waals surface area contributed by atoms with Crippen LogP contribution in [-0.2, 0) is 10.2 Å². The second kappa shape index (κ2) is 5.33. The van der Waals surface area contributed by atoms with Gasteiger partial charge in [-0.1, -0.05) is 30.7 Å². The Hall–Kier alpha value is -1.35. The van der Waals surface area contributed by atoms with Crippen LogP contribution < -0.4 is 0 Å². The van der Waals surface area contributed by atoms with Gasteiger partial charge in [0.25, 0.3) is 0 Å². The van der Waals surface area contributed by atoms with Crippen LogP contribution in [0.25, 0.3) is 0 Å². The van der Waals surface area contributed by atoms with E-state index in [1.165, 1.54) is 0 Å². The van der Waals surface area contributed by atoms with Gasteiger partial charge in [-0.3, -0.25) is 4.79 Å². The van der Waals surface area contributed by atoms with Gasteiger partial charge in [0.1, 0.15) is 0 Å². The molecule has 19 heavy (non-hydrogen) atoms. The lowest BCUT2D eigenvalue weighted by molar-refractivity contribution is -0.146. The van der Waals surface area contributed by atoms with Gasteiger partial charge in [-0.15, -0.1) is 0 Å². The first-order chi connectivity index (χ1) is 8.99. The van der Waals surface area contributed by atoms with E-state index in [4.69, 9.17) is 0 Å². The van der Waals surface area contributed by atoms with Crippen molar-refractivity contribution in [3.63, 3.8) is 0 Å². The second-order valence-corrected chi connectivity index (χ2v) is 5.64. The van der Waals surface area contributed by atoms with Crippen molar-refractivity contribution in [1.82, 2.24) is 4.90 Å². The van der Waals surface area contributed by atoms with E-state index in [2.05, 4.69) is 24.0 Å². The molecule has 0 saturated carbocycles. The van der Waals surface area contributed by atoms with E-state index in [1.54, 1.807) is 0 Å². The molecule has 1 N–H and O–H groups in total. The molecule has 1 aliphatic rings. The fourth-order valence-corrected chi connectivity index (χ4v) is 3.10. The zero-order valence-electron chi connectivity index (χ0n) is 12.1. The van der Waals surface area contributed by atoms with E-state index >= 15 is 0 Å². The van der Waals surface area contributed by atoms with Gasteiger partial charge in [0, 0.05) is 0 Å². The van der Waals surface area contributed by atoms with E-state index in [1.807, 2.05) is 19.9 Å². The number of hydrogen-bond donors (Lipinski definition) is 1. The highest BCUT2D eigenvalue weighted by molar-refractivity contribution is 5.82. The summed E-state index contributed by atoms with van der Waals surface area (Å²) in [4.78, 5) is 14.2. The number of carbonyl (C=O) groups is 1. The highest BCUT2D eigenvalue weighted by Crippen LogP contribution is 2.38. The fourth-order valence-electron chi connectivity index (χ4n) is 3.10. The first-order valence-corrected chi connectivity index (χ1v) is 7.03. The molecule has 0 aliphatic carbocycles. The van der Waals surface area contributed by atoms with E-state index in [0.717, 1.165) is 36.3 Å². The molecule has 1 aromatic carbocycles. The SMILES string of the molecule is CCN1CCC(C(=O)O)(c2cc(C)ccc2C)CC1. The Morgan fingerprint density at radius 2 is 1.95 bits per heavy atom. The maximum Gasteiger partial charge on any atom is 0.314 e. The Morgan fingerprint density at radius 3 is 2.47 bits per heavy atom. The van der Waals surface area contributed by atoms with Crippen molar-refractivity contribution in [3.8, 4) is 0 Å². The van der Waals surface area contributed by atoms with Crippen molar-refractivity contribution in [2.75, 3.05) is 19.6 Å². The van der Waals surface area contributed by atoms with Crippen LogP contribution in [0, 0.1) is 13.8 Å². The molecule has 104 valence electrons. The van der Waals surface area contributed by atoms with E-state index < -0.39 is 11.4 Å². The van der Waals surface area contributed by atoms with Crippen LogP contribution >= 0.6 is 0 Å². The normalized spacial score (nSPS) is 19.3. The lowest BCUT2D eigenvalue weighted by Gasteiger charge is -2.39. The number of benzene rings is 1. The molecule has 3 heteroatoms. The Labute approximate surface area is 115 Å². The molecule has 0 bridgehead atoms. The van der Waals surface area contributed by atoms with Crippen molar-refractivity contribution in [1.29, 1.82) is 0 Å². The Bertz CT molecular complexity index is 474. The molecular formula is C16H23NO2. The van der Waals surface area contributed by atoms with Crippen LogP contribution in [-0.4, -0.2) is 35.6 Å². The molecule has 1 aliphatic heterocycles. The highest BCUT2D eigenvalue weighted by atomic mass is 16.4. The van der Waals surface area contributed by atoms with Crippen molar-refractivity contribution >= 4 is 5.97 Å². The molecule has 2 rings (SSSR count). The van der Waals surface area contributed by atoms with Crippen molar-refractivity contribution in [2.24, 2.45) is 0 Å². The third-order valence-corrected chi connectivity index (χ3v) is 4.47. The zero-order chi connectivity index (χ0) is 14.0. The molecule has 0 atom stereocenters. The molecule has 0 spiro atoms. The molecule has 1 aromatic rings. The number of carboxylic acid groups (broad SMARTS) is 1. The summed E-state index contributed by atoms with van der Waals surface area (Å²) in [6, 6.07) is 6.15. The summed E-state index contributed by atoms with van der Waals surface area (Å²) in [5.74, 6) is -0.669. The van der Waals surface area contributed by atoms with Crippen LogP contribution in [0.5, 0.6) is 0 Å². The summed E-state index contributed by atoms with van der Waals surface area (Å²) in [5, 5.41) is 9.80. The van der Waals surface area contributed by atoms with Gasteiger partial charge in [-0.25, -0.2) is 0 Å². The molecule has 1 saturated heterocycles. The predicted octanol–water partition coefficient (Wildman–Crippen LogP) is 2.74. The number of aliphatic carboxylic acids is 1. The number of rotatable bonds is 3. The minimum absolute atomic E-state index is 0.669. The third-order valence-electron chi connectivity index (χ3n) is 4.47. The van der Waals surface area contributed by atoms with Crippen molar-refractivity contribution in [3.05, 3.63) is 34.9 Å². The largest absolute Gasteiger partial charge is 0.481 e. The lowest BCUT2D eigenvalue weighted by Crippen LogP contribution is -2.47. The van der Waals surface area contributed by atoms with E-state index in [9.17, 15) is 9.90 Å². The van der Waals surface area contributed by atoms with Gasteiger partial charge in [0.05, 0.1) is 5.41 Å². The zero-order valence-corrected chi connectivity index (χ0v) is 12.1. The Kier molecular flexibility index (Phi) is 3.95. The molecule has 1 fully saturated rings. The third kappa shape index (κ3) is 2.52. The summed E-state index contributed by atoms with van der Waals surface area (Å²) in [7, 11) is 0. The number of hydrogen-bond acceptors (Lipinski definition) is 2. The number of nitrogens with zero attached hydrogens (tertiary/aromatic N) is 1. The summed E-state index contributed by atoms with van der Waals surface area (Å²) in [5.41, 5.74) is 2.55. The summed E-state index contributed by atoms with van der Waals surface area (Å²) < 4.78 is 0. The van der Waals surface area contributed by atoms with Crippen molar-refractivity contribution < 1.29 is 9.90 Å². The Balaban J connectivity index is 2.41. The van der Waals surface area contributed by atoms with Crippen LogP contribution in [0.1, 0.15) is 36.5 Å². The topological polar surface area (TPSA) is 40.5 Å². The van der Waals surface area contributed by atoms with Crippen LogP contribution in [0.4, 0.5) is 0 Å². The number of aryl methyl sites for hydroxylation is 2. The van der Waals surface area contributed by atoms with Gasteiger partial charge < -0.3 is 10.0 Å². The first-order valence-electron chi connectivity index (χ1n) is 7.03. The maximum atomic E-state index is 11.9. The first kappa shape index (κ1) is 14.1. The smallest absolute Gasteiger partial charge is 0.314 e.